The molecule has 0 bridgehead atoms. The predicted octanol–water partition coefficient (Wildman–Crippen LogP) is 3.49. The minimum absolute atomic E-state index is 0.417. The van der Waals surface area contributed by atoms with Gasteiger partial charge in [-0.1, -0.05) is 13.3 Å². The molecule has 2 nitrogen and oxygen atoms in total. The third-order valence-corrected chi connectivity index (χ3v) is 3.37. The van der Waals surface area contributed by atoms with E-state index >= 15 is 0 Å². The first-order chi connectivity index (χ1) is 6.81. The summed E-state index contributed by atoms with van der Waals surface area (Å²) in [7, 11) is 0. The molecule has 1 atom stereocenters. The van der Waals surface area contributed by atoms with Gasteiger partial charge in [-0.15, -0.1) is 0 Å². The van der Waals surface area contributed by atoms with Crippen LogP contribution in [0.2, 0.25) is 0 Å². The Hall–Kier alpha value is -0.280. The highest BCUT2D eigenvalue weighted by Gasteiger charge is 2.29. The van der Waals surface area contributed by atoms with Gasteiger partial charge in [0.15, 0.2) is 4.67 Å². The van der Waals surface area contributed by atoms with E-state index < -0.39 is 0 Å². The van der Waals surface area contributed by atoms with Crippen LogP contribution in [0.4, 0.5) is 0 Å². The van der Waals surface area contributed by atoms with Gasteiger partial charge in [0.2, 0.25) is 0 Å². The van der Waals surface area contributed by atoms with E-state index in [1.165, 1.54) is 19.3 Å². The molecule has 0 saturated heterocycles. The van der Waals surface area contributed by atoms with Gasteiger partial charge in [0.25, 0.3) is 0 Å². The van der Waals surface area contributed by atoms with Crippen molar-refractivity contribution < 1.29 is 4.42 Å². The van der Waals surface area contributed by atoms with Crippen molar-refractivity contribution in [3.05, 3.63) is 22.6 Å². The molecule has 1 fully saturated rings. The number of hydrogen-bond acceptors (Lipinski definition) is 2. The van der Waals surface area contributed by atoms with E-state index in [9.17, 15) is 0 Å². The monoisotopic (exact) mass is 257 g/mol. The fraction of sp³-hybridized carbons (Fsp3) is 0.636. The Balaban J connectivity index is 2.09. The van der Waals surface area contributed by atoms with Crippen LogP contribution in [0, 0.1) is 5.92 Å². The van der Waals surface area contributed by atoms with Crippen LogP contribution in [-0.2, 0) is 0 Å². The average Bonchev–Trinajstić information content (AvgIpc) is 2.48. The molecule has 0 radical (unpaired) electrons. The minimum Gasteiger partial charge on any atom is -0.453 e. The molecule has 78 valence electrons. The Labute approximate surface area is 93.2 Å². The summed E-state index contributed by atoms with van der Waals surface area (Å²) in [6, 6.07) is 4.45. The van der Waals surface area contributed by atoms with Crippen LogP contribution < -0.4 is 5.32 Å². The topological polar surface area (TPSA) is 25.2 Å². The van der Waals surface area contributed by atoms with Crippen LogP contribution in [0.3, 0.4) is 0 Å². The van der Waals surface area contributed by atoms with Gasteiger partial charge in [0.05, 0.1) is 6.04 Å². The van der Waals surface area contributed by atoms with E-state index in [0.29, 0.717) is 6.04 Å². The lowest BCUT2D eigenvalue weighted by Crippen LogP contribution is -2.31. The summed E-state index contributed by atoms with van der Waals surface area (Å²) in [6.07, 6.45) is 4.03. The van der Waals surface area contributed by atoms with Gasteiger partial charge in [-0.2, -0.15) is 0 Å². The first-order valence-corrected chi connectivity index (χ1v) is 6.09. The zero-order valence-corrected chi connectivity index (χ0v) is 10.0. The molecule has 1 N–H and O–H groups in total. The smallest absolute Gasteiger partial charge is 0.169 e. The molecule has 1 aromatic heterocycles. The standard InChI is InChI=1S/C11H16BrNO/c1-2-13-11(8-4-3-5-8)9-6-7-10(12)14-9/h6-8,11,13H,2-5H2,1H3. The van der Waals surface area contributed by atoms with Crippen molar-refractivity contribution in [2.24, 2.45) is 5.92 Å². The van der Waals surface area contributed by atoms with Gasteiger partial charge in [-0.3, -0.25) is 0 Å². The molecule has 14 heavy (non-hydrogen) atoms. The van der Waals surface area contributed by atoms with Crippen LogP contribution in [-0.4, -0.2) is 6.54 Å². The van der Waals surface area contributed by atoms with Crippen molar-refractivity contribution in [2.75, 3.05) is 6.54 Å². The molecular weight excluding hydrogens is 242 g/mol. The summed E-state index contributed by atoms with van der Waals surface area (Å²) >= 11 is 3.35. The van der Waals surface area contributed by atoms with E-state index in [0.717, 1.165) is 22.9 Å². The van der Waals surface area contributed by atoms with Gasteiger partial charge in [-0.25, -0.2) is 0 Å². The maximum absolute atomic E-state index is 5.61. The number of furan rings is 1. The largest absolute Gasteiger partial charge is 0.453 e. The lowest BCUT2D eigenvalue weighted by Gasteiger charge is -2.32. The number of rotatable bonds is 4. The molecule has 3 heteroatoms. The second-order valence-corrected chi connectivity index (χ2v) is 4.65. The SMILES string of the molecule is CCNC(c1ccc(Br)o1)C1CCC1. The quantitative estimate of drug-likeness (QED) is 0.894. The third-order valence-electron chi connectivity index (χ3n) is 2.95. The molecule has 1 saturated carbocycles. The highest BCUT2D eigenvalue weighted by molar-refractivity contribution is 9.10. The van der Waals surface area contributed by atoms with Crippen LogP contribution >= 0.6 is 15.9 Å². The Morgan fingerprint density at radius 2 is 2.36 bits per heavy atom. The molecule has 1 aromatic rings. The molecule has 0 aromatic carbocycles. The van der Waals surface area contributed by atoms with Crippen LogP contribution in [0.5, 0.6) is 0 Å². The fourth-order valence-corrected chi connectivity index (χ4v) is 2.31. The maximum atomic E-state index is 5.61. The van der Waals surface area contributed by atoms with Gasteiger partial charge in [-0.05, 0) is 53.4 Å². The van der Waals surface area contributed by atoms with E-state index in [2.05, 4.69) is 34.2 Å². The van der Waals surface area contributed by atoms with Gasteiger partial charge >= 0.3 is 0 Å². The Morgan fingerprint density at radius 3 is 2.79 bits per heavy atom. The summed E-state index contributed by atoms with van der Waals surface area (Å²) in [5.41, 5.74) is 0. The Morgan fingerprint density at radius 1 is 1.57 bits per heavy atom. The Bertz CT molecular complexity index is 293. The molecule has 0 aliphatic heterocycles. The maximum Gasteiger partial charge on any atom is 0.169 e. The molecule has 0 amide bonds. The van der Waals surface area contributed by atoms with Gasteiger partial charge in [0.1, 0.15) is 5.76 Å². The third kappa shape index (κ3) is 2.04. The molecule has 1 unspecified atom stereocenters. The first kappa shape index (κ1) is 10.2. The van der Waals surface area contributed by atoms with Crippen molar-refractivity contribution in [2.45, 2.75) is 32.2 Å². The highest BCUT2D eigenvalue weighted by atomic mass is 79.9. The Kier molecular flexibility index (Phi) is 3.29. The number of nitrogens with one attached hydrogen (secondary N) is 1. The fourth-order valence-electron chi connectivity index (χ4n) is 1.99. The van der Waals surface area contributed by atoms with E-state index in [1.54, 1.807) is 0 Å². The molecule has 1 aliphatic carbocycles. The van der Waals surface area contributed by atoms with E-state index in [-0.39, 0.29) is 0 Å². The van der Waals surface area contributed by atoms with E-state index in [1.807, 2.05) is 6.07 Å². The molecule has 1 aliphatic rings. The zero-order chi connectivity index (χ0) is 9.97. The lowest BCUT2D eigenvalue weighted by atomic mass is 9.79. The van der Waals surface area contributed by atoms with Gasteiger partial charge in [0, 0.05) is 0 Å². The molecule has 1 heterocycles. The molecule has 0 spiro atoms. The highest BCUT2D eigenvalue weighted by Crippen LogP contribution is 2.38. The van der Waals surface area contributed by atoms with Crippen LogP contribution in [0.25, 0.3) is 0 Å². The first-order valence-electron chi connectivity index (χ1n) is 5.30. The summed E-state index contributed by atoms with van der Waals surface area (Å²) in [6.45, 7) is 3.14. The summed E-state index contributed by atoms with van der Waals surface area (Å²) in [4.78, 5) is 0. The van der Waals surface area contributed by atoms with Crippen molar-refractivity contribution >= 4 is 15.9 Å². The van der Waals surface area contributed by atoms with E-state index in [4.69, 9.17) is 4.42 Å². The molecule has 2 rings (SSSR count). The number of halogens is 1. The van der Waals surface area contributed by atoms with Crippen molar-refractivity contribution in [3.8, 4) is 0 Å². The van der Waals surface area contributed by atoms with Crippen molar-refractivity contribution in [1.29, 1.82) is 0 Å². The summed E-state index contributed by atoms with van der Waals surface area (Å²) in [5, 5.41) is 3.50. The van der Waals surface area contributed by atoms with Crippen LogP contribution in [0.1, 0.15) is 38.0 Å². The van der Waals surface area contributed by atoms with Crippen molar-refractivity contribution in [3.63, 3.8) is 0 Å². The number of hydrogen-bond donors (Lipinski definition) is 1. The normalized spacial score (nSPS) is 19.3. The summed E-state index contributed by atoms with van der Waals surface area (Å²) < 4.78 is 6.44. The van der Waals surface area contributed by atoms with Gasteiger partial charge < -0.3 is 9.73 Å². The molecular formula is C11H16BrNO. The minimum atomic E-state index is 0.417. The average molecular weight is 258 g/mol. The predicted molar refractivity (Wildman–Crippen MR) is 60.2 cm³/mol. The van der Waals surface area contributed by atoms with Crippen LogP contribution in [0.15, 0.2) is 21.2 Å². The van der Waals surface area contributed by atoms with Crippen molar-refractivity contribution in [1.82, 2.24) is 5.32 Å². The summed E-state index contributed by atoms with van der Waals surface area (Å²) in [5.74, 6) is 1.84. The second kappa shape index (κ2) is 4.49. The lowest BCUT2D eigenvalue weighted by molar-refractivity contribution is 0.208. The zero-order valence-electron chi connectivity index (χ0n) is 8.42. The second-order valence-electron chi connectivity index (χ2n) is 3.87.